The Bertz CT molecular complexity index is 1110. The molecule has 0 radical (unpaired) electrons. The number of piperidine rings is 1. The minimum atomic E-state index is 0.301. The Morgan fingerprint density at radius 1 is 1.00 bits per heavy atom. The average Bonchev–Trinajstić information content (AvgIpc) is 3.33. The van der Waals surface area contributed by atoms with Crippen molar-refractivity contribution < 1.29 is 0 Å². The van der Waals surface area contributed by atoms with Gasteiger partial charge in [-0.2, -0.15) is 4.68 Å². The number of likely N-dealkylation sites (tertiary alicyclic amines) is 1. The van der Waals surface area contributed by atoms with Crippen LogP contribution in [0.15, 0.2) is 54.6 Å². The Morgan fingerprint density at radius 3 is 2.68 bits per heavy atom. The molecule has 142 valence electrons. The first-order valence-corrected chi connectivity index (χ1v) is 10.7. The van der Waals surface area contributed by atoms with Crippen LogP contribution in [0.2, 0.25) is 0 Å². The van der Waals surface area contributed by atoms with Gasteiger partial charge in [-0.25, -0.2) is 9.67 Å². The summed E-state index contributed by atoms with van der Waals surface area (Å²) >= 11 is 7.44. The third-order valence-electron chi connectivity index (χ3n) is 5.16. The van der Waals surface area contributed by atoms with Gasteiger partial charge in [0.15, 0.2) is 0 Å². The van der Waals surface area contributed by atoms with E-state index >= 15 is 0 Å². The van der Waals surface area contributed by atoms with Crippen LogP contribution in [-0.4, -0.2) is 36.2 Å². The number of tetrazole rings is 1. The van der Waals surface area contributed by atoms with Crippen molar-refractivity contribution in [1.29, 1.82) is 0 Å². The van der Waals surface area contributed by atoms with Crippen LogP contribution in [0.4, 0.5) is 0 Å². The molecule has 0 saturated carbocycles. The van der Waals surface area contributed by atoms with Crippen molar-refractivity contribution in [2.24, 2.45) is 0 Å². The van der Waals surface area contributed by atoms with E-state index in [0.29, 0.717) is 17.5 Å². The van der Waals surface area contributed by atoms with E-state index in [9.17, 15) is 0 Å². The predicted molar refractivity (Wildman–Crippen MR) is 113 cm³/mol. The van der Waals surface area contributed by atoms with E-state index in [-0.39, 0.29) is 0 Å². The molecule has 0 bridgehead atoms. The lowest BCUT2D eigenvalue weighted by atomic mass is 10.0. The quantitative estimate of drug-likeness (QED) is 0.462. The molecule has 0 N–H and O–H groups in total. The van der Waals surface area contributed by atoms with Crippen molar-refractivity contribution >= 4 is 33.8 Å². The van der Waals surface area contributed by atoms with Crippen molar-refractivity contribution in [3.05, 3.63) is 64.4 Å². The third kappa shape index (κ3) is 3.28. The summed E-state index contributed by atoms with van der Waals surface area (Å²) < 4.78 is 5.38. The maximum Gasteiger partial charge on any atom is 0.221 e. The number of fused-ring (bicyclic) bond motifs is 1. The van der Waals surface area contributed by atoms with Gasteiger partial charge in [-0.1, -0.05) is 36.8 Å². The first-order valence-electron chi connectivity index (χ1n) is 9.47. The SMILES string of the molecule is S=c1n(CN2CCCC[C@H]2c2nc3ccccc3s2)nnn1-c1ccccc1. The lowest BCUT2D eigenvalue weighted by Crippen LogP contribution is -2.35. The zero-order chi connectivity index (χ0) is 18.9. The molecule has 4 aromatic rings. The highest BCUT2D eigenvalue weighted by atomic mass is 32.1. The second-order valence-corrected chi connectivity index (χ2v) is 8.42. The van der Waals surface area contributed by atoms with Crippen molar-refractivity contribution in [3.8, 4) is 5.69 Å². The van der Waals surface area contributed by atoms with E-state index in [1.807, 2.05) is 41.1 Å². The summed E-state index contributed by atoms with van der Waals surface area (Å²) in [6.45, 7) is 1.65. The molecule has 0 unspecified atom stereocenters. The molecule has 5 rings (SSSR count). The van der Waals surface area contributed by atoms with Crippen LogP contribution < -0.4 is 0 Å². The van der Waals surface area contributed by atoms with E-state index in [1.54, 1.807) is 16.0 Å². The van der Waals surface area contributed by atoms with Gasteiger partial charge in [0.05, 0.1) is 28.6 Å². The second kappa shape index (κ2) is 7.54. The molecule has 1 aliphatic rings. The maximum absolute atomic E-state index is 5.64. The molecule has 1 fully saturated rings. The highest BCUT2D eigenvalue weighted by Gasteiger charge is 2.27. The van der Waals surface area contributed by atoms with E-state index in [1.165, 1.54) is 22.5 Å². The van der Waals surface area contributed by atoms with E-state index in [4.69, 9.17) is 17.2 Å². The van der Waals surface area contributed by atoms with Crippen LogP contribution in [0, 0.1) is 4.77 Å². The van der Waals surface area contributed by atoms with Gasteiger partial charge < -0.3 is 0 Å². The molecule has 1 aliphatic heterocycles. The average molecular weight is 409 g/mol. The predicted octanol–water partition coefficient (Wildman–Crippen LogP) is 4.59. The summed E-state index contributed by atoms with van der Waals surface area (Å²) in [6, 6.07) is 18.6. The Kier molecular flexibility index (Phi) is 4.76. The van der Waals surface area contributed by atoms with Crippen LogP contribution in [0.5, 0.6) is 0 Å². The minimum absolute atomic E-state index is 0.301. The highest BCUT2D eigenvalue weighted by molar-refractivity contribution is 7.71. The fourth-order valence-electron chi connectivity index (χ4n) is 3.74. The number of benzene rings is 2. The molecular weight excluding hydrogens is 388 g/mol. The summed E-state index contributed by atoms with van der Waals surface area (Å²) in [5.41, 5.74) is 2.01. The molecule has 28 heavy (non-hydrogen) atoms. The molecule has 2 aromatic carbocycles. The van der Waals surface area contributed by atoms with E-state index < -0.39 is 0 Å². The zero-order valence-corrected chi connectivity index (χ0v) is 16.9. The zero-order valence-electron chi connectivity index (χ0n) is 15.3. The van der Waals surface area contributed by atoms with Gasteiger partial charge in [0, 0.05) is 6.54 Å². The van der Waals surface area contributed by atoms with Gasteiger partial charge in [0.1, 0.15) is 5.01 Å². The Hall–Kier alpha value is -2.42. The van der Waals surface area contributed by atoms with Crippen molar-refractivity contribution in [2.45, 2.75) is 32.0 Å². The summed E-state index contributed by atoms with van der Waals surface area (Å²) in [5, 5.41) is 9.78. The number of rotatable bonds is 4. The van der Waals surface area contributed by atoms with Crippen molar-refractivity contribution in [3.63, 3.8) is 0 Å². The number of aromatic nitrogens is 5. The summed E-state index contributed by atoms with van der Waals surface area (Å²) in [6.07, 6.45) is 3.51. The fraction of sp³-hybridized carbons (Fsp3) is 0.300. The van der Waals surface area contributed by atoms with E-state index in [0.717, 1.165) is 24.2 Å². The molecule has 8 heteroatoms. The molecule has 3 heterocycles. The Balaban J connectivity index is 1.43. The van der Waals surface area contributed by atoms with Crippen LogP contribution in [0.3, 0.4) is 0 Å². The molecule has 2 aromatic heterocycles. The van der Waals surface area contributed by atoms with Gasteiger partial charge in [0.25, 0.3) is 0 Å². The normalized spacial score (nSPS) is 17.9. The Labute approximate surface area is 172 Å². The topological polar surface area (TPSA) is 51.8 Å². The first kappa shape index (κ1) is 17.7. The fourth-order valence-corrected chi connectivity index (χ4v) is 5.11. The van der Waals surface area contributed by atoms with Gasteiger partial charge in [-0.05, 0) is 59.8 Å². The number of hydrogen-bond donors (Lipinski definition) is 0. The number of thiazole rings is 1. The van der Waals surface area contributed by atoms with Gasteiger partial charge in [-0.3, -0.25) is 4.90 Å². The highest BCUT2D eigenvalue weighted by Crippen LogP contribution is 2.35. The lowest BCUT2D eigenvalue weighted by molar-refractivity contribution is 0.102. The van der Waals surface area contributed by atoms with Crippen molar-refractivity contribution in [1.82, 2.24) is 29.7 Å². The largest absolute Gasteiger partial charge is 0.275 e. The molecule has 1 atom stereocenters. The number of hydrogen-bond acceptors (Lipinski definition) is 6. The summed E-state index contributed by atoms with van der Waals surface area (Å²) in [7, 11) is 0. The second-order valence-electron chi connectivity index (χ2n) is 6.99. The number of para-hydroxylation sites is 2. The van der Waals surface area contributed by atoms with Crippen molar-refractivity contribution in [2.75, 3.05) is 6.54 Å². The van der Waals surface area contributed by atoms with Crippen LogP contribution in [0.1, 0.15) is 30.3 Å². The molecule has 0 spiro atoms. The summed E-state index contributed by atoms with van der Waals surface area (Å²) in [5.74, 6) is 0. The van der Waals surface area contributed by atoms with Crippen LogP contribution in [-0.2, 0) is 6.67 Å². The van der Waals surface area contributed by atoms with Gasteiger partial charge >= 0.3 is 0 Å². The smallest absolute Gasteiger partial charge is 0.221 e. The van der Waals surface area contributed by atoms with Gasteiger partial charge in [0.2, 0.25) is 4.77 Å². The summed E-state index contributed by atoms with van der Waals surface area (Å²) in [4.78, 5) is 7.34. The standard InChI is InChI=1S/C20H20N6S2/c27-20-25(22-23-26(20)15-8-2-1-3-9-15)14-24-13-7-6-11-17(24)19-21-16-10-4-5-12-18(16)28-19/h1-5,8-10,12,17H,6-7,11,13-14H2/t17-/m0/s1. The molecular formula is C20H20N6S2. The molecule has 1 saturated heterocycles. The third-order valence-corrected chi connectivity index (χ3v) is 6.69. The monoisotopic (exact) mass is 408 g/mol. The molecule has 0 aliphatic carbocycles. The van der Waals surface area contributed by atoms with Crippen LogP contribution >= 0.6 is 23.6 Å². The van der Waals surface area contributed by atoms with E-state index in [2.05, 4.69) is 33.5 Å². The Morgan fingerprint density at radius 2 is 1.82 bits per heavy atom. The van der Waals surface area contributed by atoms with Crippen LogP contribution in [0.25, 0.3) is 15.9 Å². The first-order chi connectivity index (χ1) is 13.8. The minimum Gasteiger partial charge on any atom is -0.275 e. The number of nitrogens with zero attached hydrogens (tertiary/aromatic N) is 6. The maximum atomic E-state index is 5.64. The molecule has 0 amide bonds. The molecule has 6 nitrogen and oxygen atoms in total. The lowest BCUT2D eigenvalue weighted by Gasteiger charge is -2.33. The van der Waals surface area contributed by atoms with Gasteiger partial charge in [-0.15, -0.1) is 11.3 Å².